The van der Waals surface area contributed by atoms with Crippen molar-refractivity contribution in [1.29, 1.82) is 5.41 Å². The molecular weight excluding hydrogens is 392 g/mol. The summed E-state index contributed by atoms with van der Waals surface area (Å²) in [7, 11) is -3.50. The van der Waals surface area contributed by atoms with Crippen molar-refractivity contribution in [3.8, 4) is 17.0 Å². The zero-order valence-corrected chi connectivity index (χ0v) is 16.3. The Hall–Kier alpha value is -3.72. The monoisotopic (exact) mass is 410 g/mol. The number of amides is 1. The van der Waals surface area contributed by atoms with E-state index in [2.05, 4.69) is 4.98 Å². The van der Waals surface area contributed by atoms with Crippen LogP contribution in [0.3, 0.4) is 0 Å². The fraction of sp³-hybridized carbons (Fsp3) is 0.0500. The fourth-order valence-corrected chi connectivity index (χ4v) is 3.17. The molecule has 29 heavy (non-hydrogen) atoms. The first-order valence-electron chi connectivity index (χ1n) is 8.44. The van der Waals surface area contributed by atoms with Crippen LogP contribution in [0.1, 0.15) is 10.4 Å². The zero-order chi connectivity index (χ0) is 21.0. The van der Waals surface area contributed by atoms with Gasteiger partial charge in [-0.3, -0.25) is 15.2 Å². The van der Waals surface area contributed by atoms with Crippen molar-refractivity contribution >= 4 is 21.7 Å². The van der Waals surface area contributed by atoms with Crippen LogP contribution in [0.5, 0.6) is 5.75 Å². The average Bonchev–Trinajstić information content (AvgIpc) is 2.72. The summed E-state index contributed by atoms with van der Waals surface area (Å²) < 4.78 is 23.4. The molecule has 0 fully saturated rings. The van der Waals surface area contributed by atoms with Gasteiger partial charge in [-0.2, -0.15) is 0 Å². The maximum atomic E-state index is 12.7. The molecule has 148 valence electrons. The summed E-state index contributed by atoms with van der Waals surface area (Å²) >= 11 is 0. The number of hydroxylamine groups is 2. The van der Waals surface area contributed by atoms with Crippen LogP contribution in [-0.4, -0.2) is 36.6 Å². The molecule has 0 saturated carbocycles. The number of nitrogens with two attached hydrogens (primary N) is 1. The summed E-state index contributed by atoms with van der Waals surface area (Å²) in [5.41, 5.74) is 7.15. The van der Waals surface area contributed by atoms with E-state index in [9.17, 15) is 13.2 Å². The number of hydrogen-bond acceptors (Lipinski definition) is 6. The van der Waals surface area contributed by atoms with E-state index >= 15 is 0 Å². The molecule has 0 aliphatic heterocycles. The highest BCUT2D eigenvalue weighted by Gasteiger charge is 2.22. The minimum absolute atomic E-state index is 0.0215. The highest BCUT2D eigenvalue weighted by Crippen LogP contribution is 2.22. The Morgan fingerprint density at radius 3 is 2.38 bits per heavy atom. The minimum atomic E-state index is -3.50. The molecule has 0 unspecified atom stereocenters. The molecular formula is C20H18N4O4S. The number of nitrogens with one attached hydrogen (secondary N) is 1. The van der Waals surface area contributed by atoms with Gasteiger partial charge in [-0.15, -0.1) is 5.06 Å². The highest BCUT2D eigenvalue weighted by atomic mass is 32.2. The number of sulfone groups is 1. The van der Waals surface area contributed by atoms with Crippen LogP contribution in [0.25, 0.3) is 11.3 Å². The number of rotatable bonds is 5. The second-order valence-corrected chi connectivity index (χ2v) is 8.13. The lowest BCUT2D eigenvalue weighted by Gasteiger charge is -2.20. The van der Waals surface area contributed by atoms with Gasteiger partial charge in [-0.25, -0.2) is 8.42 Å². The van der Waals surface area contributed by atoms with Crippen molar-refractivity contribution in [2.24, 2.45) is 5.73 Å². The third-order valence-corrected chi connectivity index (χ3v) is 5.03. The predicted octanol–water partition coefficient (Wildman–Crippen LogP) is 2.48. The van der Waals surface area contributed by atoms with Crippen molar-refractivity contribution < 1.29 is 18.0 Å². The van der Waals surface area contributed by atoms with Gasteiger partial charge in [0.2, 0.25) is 5.96 Å². The first-order chi connectivity index (χ1) is 13.8. The first kappa shape index (κ1) is 20.0. The largest absolute Gasteiger partial charge is 0.369 e. The molecule has 0 aliphatic rings. The predicted molar refractivity (Wildman–Crippen MR) is 108 cm³/mol. The molecule has 3 N–H and O–H groups in total. The number of guanidine groups is 1. The minimum Gasteiger partial charge on any atom is -0.369 e. The van der Waals surface area contributed by atoms with E-state index in [1.165, 1.54) is 24.3 Å². The molecule has 8 nitrogen and oxygen atoms in total. The Balaban J connectivity index is 1.84. The van der Waals surface area contributed by atoms with Gasteiger partial charge in [-0.05, 0) is 54.6 Å². The number of benzene rings is 2. The quantitative estimate of drug-likeness (QED) is 0.378. The standard InChI is InChI=1S/C20H18N4O4S/c1-29(26,27)17-6-4-5-15(13-17)19(25)24(20(21)22)28-16-10-8-14(9-11-16)18-7-2-3-12-23-18/h2-13H,1H3,(H3,21,22). The summed E-state index contributed by atoms with van der Waals surface area (Å²) in [6.45, 7) is 0. The van der Waals surface area contributed by atoms with Gasteiger partial charge in [0.05, 0.1) is 10.6 Å². The number of aromatic nitrogens is 1. The van der Waals surface area contributed by atoms with Crippen molar-refractivity contribution in [1.82, 2.24) is 10.0 Å². The number of hydrogen-bond donors (Lipinski definition) is 2. The molecule has 0 bridgehead atoms. The molecule has 0 atom stereocenters. The molecule has 3 aromatic rings. The van der Waals surface area contributed by atoms with E-state index < -0.39 is 21.7 Å². The lowest BCUT2D eigenvalue weighted by Crippen LogP contribution is -2.43. The molecule has 0 radical (unpaired) electrons. The van der Waals surface area contributed by atoms with E-state index in [0.717, 1.165) is 17.5 Å². The van der Waals surface area contributed by atoms with Gasteiger partial charge >= 0.3 is 0 Å². The lowest BCUT2D eigenvalue weighted by molar-refractivity contribution is 0.0153. The van der Waals surface area contributed by atoms with Crippen molar-refractivity contribution in [3.63, 3.8) is 0 Å². The van der Waals surface area contributed by atoms with Gasteiger partial charge in [-0.1, -0.05) is 12.1 Å². The van der Waals surface area contributed by atoms with Gasteiger partial charge < -0.3 is 10.6 Å². The summed E-state index contributed by atoms with van der Waals surface area (Å²) in [6.07, 6.45) is 2.72. The van der Waals surface area contributed by atoms with Gasteiger partial charge in [0.15, 0.2) is 15.6 Å². The molecule has 2 aromatic carbocycles. The van der Waals surface area contributed by atoms with Crippen molar-refractivity contribution in [2.45, 2.75) is 4.90 Å². The number of carbonyl (C=O) groups excluding carboxylic acids is 1. The topological polar surface area (TPSA) is 126 Å². The number of carbonyl (C=O) groups is 1. The maximum absolute atomic E-state index is 12.7. The van der Waals surface area contributed by atoms with E-state index in [0.29, 0.717) is 5.06 Å². The molecule has 3 rings (SSSR count). The van der Waals surface area contributed by atoms with Crippen LogP contribution in [0.4, 0.5) is 0 Å². The van der Waals surface area contributed by atoms with E-state index in [1.807, 2.05) is 18.2 Å². The second kappa shape index (κ2) is 8.11. The molecule has 1 heterocycles. The summed E-state index contributed by atoms with van der Waals surface area (Å²) in [4.78, 5) is 22.4. The van der Waals surface area contributed by atoms with Crippen molar-refractivity contribution in [3.05, 3.63) is 78.5 Å². The Morgan fingerprint density at radius 1 is 1.07 bits per heavy atom. The molecule has 0 saturated heterocycles. The van der Waals surface area contributed by atoms with Crippen LogP contribution in [0, 0.1) is 5.41 Å². The third kappa shape index (κ3) is 4.77. The van der Waals surface area contributed by atoms with Gasteiger partial charge in [0.25, 0.3) is 5.91 Å². The normalized spacial score (nSPS) is 10.9. The Kier molecular flexibility index (Phi) is 5.60. The SMILES string of the molecule is CS(=O)(=O)c1cccc(C(=O)N(Oc2ccc(-c3ccccn3)cc2)C(=N)N)c1. The number of nitrogens with zero attached hydrogens (tertiary/aromatic N) is 2. The van der Waals surface area contributed by atoms with Crippen LogP contribution < -0.4 is 10.6 Å². The lowest BCUT2D eigenvalue weighted by atomic mass is 10.1. The van der Waals surface area contributed by atoms with E-state index in [-0.39, 0.29) is 16.2 Å². The molecule has 0 spiro atoms. The maximum Gasteiger partial charge on any atom is 0.294 e. The van der Waals surface area contributed by atoms with Crippen molar-refractivity contribution in [2.75, 3.05) is 6.26 Å². The van der Waals surface area contributed by atoms with Crippen LogP contribution in [0.15, 0.2) is 77.8 Å². The third-order valence-electron chi connectivity index (χ3n) is 3.92. The summed E-state index contributed by atoms with van der Waals surface area (Å²) in [5.74, 6) is -1.14. The zero-order valence-electron chi connectivity index (χ0n) is 15.4. The summed E-state index contributed by atoms with van der Waals surface area (Å²) in [5, 5.41) is 8.26. The molecule has 1 amide bonds. The second-order valence-electron chi connectivity index (χ2n) is 6.12. The molecule has 1 aromatic heterocycles. The van der Waals surface area contributed by atoms with Crippen LogP contribution in [0.2, 0.25) is 0 Å². The Morgan fingerprint density at radius 2 is 1.79 bits per heavy atom. The first-order valence-corrected chi connectivity index (χ1v) is 10.3. The molecule has 9 heteroatoms. The Bertz CT molecular complexity index is 1150. The summed E-state index contributed by atoms with van der Waals surface area (Å²) in [6, 6.07) is 17.7. The molecule has 0 aliphatic carbocycles. The van der Waals surface area contributed by atoms with Crippen LogP contribution in [-0.2, 0) is 9.84 Å². The van der Waals surface area contributed by atoms with E-state index in [4.69, 9.17) is 16.0 Å². The number of pyridine rings is 1. The highest BCUT2D eigenvalue weighted by molar-refractivity contribution is 7.90. The smallest absolute Gasteiger partial charge is 0.294 e. The van der Waals surface area contributed by atoms with Gasteiger partial charge in [0.1, 0.15) is 0 Å². The fourth-order valence-electron chi connectivity index (χ4n) is 2.50. The average molecular weight is 410 g/mol. The van der Waals surface area contributed by atoms with Gasteiger partial charge in [0, 0.05) is 23.6 Å². The van der Waals surface area contributed by atoms with E-state index in [1.54, 1.807) is 30.5 Å². The van der Waals surface area contributed by atoms with Crippen LogP contribution >= 0.6 is 0 Å². The Labute approximate surface area is 167 Å².